The second-order valence-corrected chi connectivity index (χ2v) is 4.63. The zero-order valence-electron chi connectivity index (χ0n) is 10.9. The molecule has 0 unspecified atom stereocenters. The molecular formula is C14H18N2O3. The van der Waals surface area contributed by atoms with E-state index in [2.05, 4.69) is 0 Å². The van der Waals surface area contributed by atoms with Crippen LogP contribution in [-0.2, 0) is 14.3 Å². The van der Waals surface area contributed by atoms with Crippen LogP contribution in [0.1, 0.15) is 24.4 Å². The summed E-state index contributed by atoms with van der Waals surface area (Å²) in [6, 6.07) is 8.36. The quantitative estimate of drug-likeness (QED) is 0.816. The lowest BCUT2D eigenvalue weighted by Crippen LogP contribution is -2.45. The van der Waals surface area contributed by atoms with Crippen molar-refractivity contribution in [1.82, 2.24) is 4.90 Å². The van der Waals surface area contributed by atoms with Crippen LogP contribution < -0.4 is 5.73 Å². The summed E-state index contributed by atoms with van der Waals surface area (Å²) >= 11 is 0. The summed E-state index contributed by atoms with van der Waals surface area (Å²) in [5.41, 5.74) is 6.23. The molecule has 0 aliphatic carbocycles. The van der Waals surface area contributed by atoms with Gasteiger partial charge in [-0.05, 0) is 18.4 Å². The summed E-state index contributed by atoms with van der Waals surface area (Å²) in [5, 5.41) is 0. The number of carbonyl (C=O) groups is 2. The van der Waals surface area contributed by atoms with Crippen LogP contribution in [0.25, 0.3) is 0 Å². The topological polar surface area (TPSA) is 72.6 Å². The maximum absolute atomic E-state index is 12.1. The fourth-order valence-electron chi connectivity index (χ4n) is 2.61. The van der Waals surface area contributed by atoms with Gasteiger partial charge < -0.3 is 10.5 Å². The highest BCUT2D eigenvalue weighted by atomic mass is 16.5. The van der Waals surface area contributed by atoms with Crippen molar-refractivity contribution >= 4 is 11.9 Å². The molecule has 1 aliphatic heterocycles. The molecule has 102 valence electrons. The Balaban J connectivity index is 2.33. The minimum absolute atomic E-state index is 0.362. The molecule has 1 aromatic carbocycles. The molecular weight excluding hydrogens is 244 g/mol. The lowest BCUT2D eigenvalue weighted by molar-refractivity contribution is -0.148. The summed E-state index contributed by atoms with van der Waals surface area (Å²) in [6.45, 7) is 0.669. The van der Waals surface area contributed by atoms with Gasteiger partial charge in [-0.1, -0.05) is 30.3 Å². The number of likely N-dealkylation sites (tertiary alicyclic amines) is 1. The maximum atomic E-state index is 12.1. The maximum Gasteiger partial charge on any atom is 0.327 e. The molecule has 1 fully saturated rings. The van der Waals surface area contributed by atoms with E-state index in [4.69, 9.17) is 10.5 Å². The molecule has 1 saturated heterocycles. The van der Waals surface area contributed by atoms with Crippen molar-refractivity contribution in [2.24, 2.45) is 5.73 Å². The molecule has 2 N–H and O–H groups in total. The van der Waals surface area contributed by atoms with Crippen LogP contribution in [0.4, 0.5) is 0 Å². The number of hydrogen-bond acceptors (Lipinski definition) is 4. The van der Waals surface area contributed by atoms with Crippen molar-refractivity contribution in [3.63, 3.8) is 0 Å². The van der Waals surface area contributed by atoms with E-state index in [1.54, 1.807) is 0 Å². The number of benzene rings is 1. The number of esters is 1. The van der Waals surface area contributed by atoms with E-state index >= 15 is 0 Å². The van der Waals surface area contributed by atoms with E-state index in [1.165, 1.54) is 7.11 Å². The molecule has 0 bridgehead atoms. The van der Waals surface area contributed by atoms with Gasteiger partial charge in [-0.3, -0.25) is 9.69 Å². The summed E-state index contributed by atoms with van der Waals surface area (Å²) < 4.78 is 4.87. The molecule has 0 spiro atoms. The molecule has 1 heterocycles. The highest BCUT2D eigenvalue weighted by molar-refractivity contribution is 5.83. The predicted molar refractivity (Wildman–Crippen MR) is 70.1 cm³/mol. The van der Waals surface area contributed by atoms with Crippen LogP contribution in [0, 0.1) is 0 Å². The largest absolute Gasteiger partial charge is 0.468 e. The number of amides is 1. The first-order valence-electron chi connectivity index (χ1n) is 6.33. The Morgan fingerprint density at radius 1 is 1.37 bits per heavy atom. The second-order valence-electron chi connectivity index (χ2n) is 4.63. The third-order valence-corrected chi connectivity index (χ3v) is 3.49. The van der Waals surface area contributed by atoms with E-state index in [0.29, 0.717) is 13.0 Å². The van der Waals surface area contributed by atoms with Gasteiger partial charge in [0.1, 0.15) is 6.04 Å². The number of primary amides is 1. The van der Waals surface area contributed by atoms with E-state index in [-0.39, 0.29) is 11.9 Å². The average Bonchev–Trinajstić information content (AvgIpc) is 2.89. The zero-order valence-corrected chi connectivity index (χ0v) is 10.9. The van der Waals surface area contributed by atoms with Crippen LogP contribution in [0.2, 0.25) is 0 Å². The van der Waals surface area contributed by atoms with Crippen LogP contribution in [0.3, 0.4) is 0 Å². The number of hydrogen-bond donors (Lipinski definition) is 1. The van der Waals surface area contributed by atoms with Crippen molar-refractivity contribution in [2.75, 3.05) is 13.7 Å². The van der Waals surface area contributed by atoms with Crippen molar-refractivity contribution in [2.45, 2.75) is 24.9 Å². The Morgan fingerprint density at radius 3 is 2.63 bits per heavy atom. The molecule has 1 aromatic rings. The Kier molecular flexibility index (Phi) is 4.16. The molecule has 1 aliphatic rings. The Morgan fingerprint density at radius 2 is 2.05 bits per heavy atom. The molecule has 0 aromatic heterocycles. The molecule has 1 amide bonds. The predicted octanol–water partition coefficient (Wildman–Crippen LogP) is 0.850. The van der Waals surface area contributed by atoms with Gasteiger partial charge in [-0.2, -0.15) is 0 Å². The number of ether oxygens (including phenoxy) is 1. The summed E-state index contributed by atoms with van der Waals surface area (Å²) in [6.07, 6.45) is 1.55. The number of carbonyl (C=O) groups excluding carboxylic acids is 2. The monoisotopic (exact) mass is 262 g/mol. The third kappa shape index (κ3) is 2.76. The highest BCUT2D eigenvalue weighted by Crippen LogP contribution is 2.30. The molecule has 2 rings (SSSR count). The molecule has 5 nitrogen and oxygen atoms in total. The fourth-order valence-corrected chi connectivity index (χ4v) is 2.61. The lowest BCUT2D eigenvalue weighted by Gasteiger charge is -2.29. The molecule has 0 radical (unpaired) electrons. The number of methoxy groups -OCH3 is 1. The van der Waals surface area contributed by atoms with Crippen LogP contribution >= 0.6 is 0 Å². The van der Waals surface area contributed by atoms with E-state index in [1.807, 2.05) is 35.2 Å². The number of nitrogens with two attached hydrogens (primary N) is 1. The zero-order chi connectivity index (χ0) is 13.8. The normalized spacial score (nSPS) is 21.0. The minimum Gasteiger partial charge on any atom is -0.468 e. The van der Waals surface area contributed by atoms with E-state index in [0.717, 1.165) is 12.0 Å². The lowest BCUT2D eigenvalue weighted by atomic mass is 10.0. The summed E-state index contributed by atoms with van der Waals surface area (Å²) in [5.74, 6) is -0.748. The van der Waals surface area contributed by atoms with E-state index in [9.17, 15) is 9.59 Å². The third-order valence-electron chi connectivity index (χ3n) is 3.49. The van der Waals surface area contributed by atoms with Crippen LogP contribution in [-0.4, -0.2) is 36.5 Å². The molecule has 5 heteroatoms. The molecule has 2 atom stereocenters. The molecule has 19 heavy (non-hydrogen) atoms. The standard InChI is InChI=1S/C14H18N2O3/c1-19-14(18)12(10-6-3-2-4-7-10)16-9-5-8-11(16)13(15)17/h2-4,6-7,11-12H,5,8-9H2,1H3,(H2,15,17)/t11-,12-/m0/s1. The SMILES string of the molecule is COC(=O)[C@H](c1ccccc1)N1CCC[C@H]1C(N)=O. The van der Waals surface area contributed by atoms with Crippen molar-refractivity contribution in [3.8, 4) is 0 Å². The fraction of sp³-hybridized carbons (Fsp3) is 0.429. The highest BCUT2D eigenvalue weighted by Gasteiger charge is 2.38. The van der Waals surface area contributed by atoms with Gasteiger partial charge in [-0.15, -0.1) is 0 Å². The Labute approximate surface area is 112 Å². The van der Waals surface area contributed by atoms with Gasteiger partial charge in [0, 0.05) is 6.54 Å². The van der Waals surface area contributed by atoms with Crippen LogP contribution in [0.15, 0.2) is 30.3 Å². The van der Waals surface area contributed by atoms with E-state index < -0.39 is 12.1 Å². The first-order valence-corrected chi connectivity index (χ1v) is 6.33. The number of rotatable bonds is 4. The van der Waals surface area contributed by atoms with Crippen molar-refractivity contribution in [1.29, 1.82) is 0 Å². The Bertz CT molecular complexity index is 461. The second kappa shape index (κ2) is 5.84. The average molecular weight is 262 g/mol. The van der Waals surface area contributed by atoms with Gasteiger partial charge in [0.2, 0.25) is 5.91 Å². The molecule has 0 saturated carbocycles. The van der Waals surface area contributed by atoms with Crippen molar-refractivity contribution in [3.05, 3.63) is 35.9 Å². The first-order chi connectivity index (χ1) is 9.15. The van der Waals surface area contributed by atoms with Gasteiger partial charge in [0.25, 0.3) is 0 Å². The van der Waals surface area contributed by atoms with Gasteiger partial charge >= 0.3 is 5.97 Å². The smallest absolute Gasteiger partial charge is 0.327 e. The van der Waals surface area contributed by atoms with Crippen molar-refractivity contribution < 1.29 is 14.3 Å². The Hall–Kier alpha value is -1.88. The van der Waals surface area contributed by atoms with Crippen LogP contribution in [0.5, 0.6) is 0 Å². The van der Waals surface area contributed by atoms with Gasteiger partial charge in [0.05, 0.1) is 13.2 Å². The van der Waals surface area contributed by atoms with Gasteiger partial charge in [0.15, 0.2) is 0 Å². The van der Waals surface area contributed by atoms with Gasteiger partial charge in [-0.25, -0.2) is 4.79 Å². The summed E-state index contributed by atoms with van der Waals surface area (Å²) in [7, 11) is 1.35. The number of nitrogens with zero attached hydrogens (tertiary/aromatic N) is 1. The minimum atomic E-state index is -0.564. The first kappa shape index (κ1) is 13.5. The summed E-state index contributed by atoms with van der Waals surface area (Å²) in [4.78, 5) is 25.4.